The van der Waals surface area contributed by atoms with Gasteiger partial charge in [0.05, 0.1) is 0 Å². The Morgan fingerprint density at radius 2 is 0.595 bits per heavy atom. The lowest BCUT2D eigenvalue weighted by Gasteiger charge is -2.22. The van der Waals surface area contributed by atoms with Crippen LogP contribution in [0.5, 0.6) is 0 Å². The van der Waals surface area contributed by atoms with E-state index in [9.17, 15) is 0 Å². The van der Waals surface area contributed by atoms with Gasteiger partial charge in [0.15, 0.2) is 0 Å². The van der Waals surface area contributed by atoms with E-state index >= 15 is 0 Å². The number of unbranched alkanes of at least 4 members (excludes halogenated alkanes) is 22. The Morgan fingerprint density at radius 3 is 0.833 bits per heavy atom. The van der Waals surface area contributed by atoms with Crippen molar-refractivity contribution in [1.29, 1.82) is 0 Å². The summed E-state index contributed by atoms with van der Waals surface area (Å²) in [5.74, 6) is 0. The first-order valence-corrected chi connectivity index (χ1v) is 19.3. The van der Waals surface area contributed by atoms with E-state index in [2.05, 4.69) is 62.6 Å². The highest BCUT2D eigenvalue weighted by Crippen LogP contribution is 2.25. The predicted octanol–water partition coefficient (Wildman–Crippen LogP) is 13.2. The first-order valence-electron chi connectivity index (χ1n) is 19.3. The third-order valence-corrected chi connectivity index (χ3v) is 9.33. The normalized spacial score (nSPS) is 13.0. The molecule has 2 unspecified atom stereocenters. The lowest BCUT2D eigenvalue weighted by atomic mass is 9.95. The Hall–Kier alpha value is -0.860. The van der Waals surface area contributed by atoms with Crippen molar-refractivity contribution in [2.45, 2.75) is 207 Å². The first kappa shape index (κ1) is 39.2. The van der Waals surface area contributed by atoms with E-state index in [-0.39, 0.29) is 0 Å². The molecule has 0 saturated carbocycles. The minimum atomic E-state index is 0.501. The van der Waals surface area contributed by atoms with Crippen LogP contribution in [0.4, 0.5) is 0 Å². The van der Waals surface area contributed by atoms with Gasteiger partial charge in [-0.05, 0) is 37.1 Å². The van der Waals surface area contributed by atoms with Gasteiger partial charge >= 0.3 is 0 Å². The molecule has 0 radical (unpaired) electrons. The quantitative estimate of drug-likeness (QED) is 0.0823. The molecule has 2 heteroatoms. The molecule has 1 rings (SSSR count). The summed E-state index contributed by atoms with van der Waals surface area (Å²) >= 11 is 0. The van der Waals surface area contributed by atoms with Crippen LogP contribution in [0.15, 0.2) is 24.3 Å². The second-order valence-electron chi connectivity index (χ2n) is 13.2. The Morgan fingerprint density at radius 1 is 0.357 bits per heavy atom. The zero-order valence-corrected chi connectivity index (χ0v) is 29.3. The molecule has 0 aliphatic heterocycles. The molecule has 0 heterocycles. The first-order chi connectivity index (χ1) is 20.8. The maximum absolute atomic E-state index is 3.77. The van der Waals surface area contributed by atoms with Gasteiger partial charge in [-0.2, -0.15) is 0 Å². The van der Waals surface area contributed by atoms with Gasteiger partial charge in [0.1, 0.15) is 0 Å². The molecule has 1 aromatic rings. The van der Waals surface area contributed by atoms with Gasteiger partial charge in [-0.1, -0.05) is 206 Å². The fourth-order valence-corrected chi connectivity index (χ4v) is 6.61. The highest BCUT2D eigenvalue weighted by molar-refractivity contribution is 5.27. The number of hydrogen-bond donors (Lipinski definition) is 2. The van der Waals surface area contributed by atoms with Gasteiger partial charge < -0.3 is 10.6 Å². The molecule has 42 heavy (non-hydrogen) atoms. The van der Waals surface area contributed by atoms with Gasteiger partial charge in [-0.15, -0.1) is 0 Å². The van der Waals surface area contributed by atoms with Gasteiger partial charge in [0, 0.05) is 12.1 Å². The number of rotatable bonds is 32. The van der Waals surface area contributed by atoms with E-state index in [0.29, 0.717) is 12.1 Å². The molecule has 0 bridgehead atoms. The van der Waals surface area contributed by atoms with Crippen LogP contribution < -0.4 is 10.6 Å². The zero-order chi connectivity index (χ0) is 30.4. The summed E-state index contributed by atoms with van der Waals surface area (Å²) in [5, 5.41) is 7.55. The minimum absolute atomic E-state index is 0.501. The largest absolute Gasteiger partial charge is 0.310 e. The second-order valence-corrected chi connectivity index (χ2v) is 13.2. The summed E-state index contributed by atoms with van der Waals surface area (Å²) in [7, 11) is 0. The topological polar surface area (TPSA) is 24.1 Å². The highest BCUT2D eigenvalue weighted by atomic mass is 14.9. The van der Waals surface area contributed by atoms with E-state index in [1.54, 1.807) is 0 Å². The molecule has 1 aromatic carbocycles. The SMILES string of the molecule is CCCCCCCCCCCCCCC(NCC)c1ccc(C(CCCCCCCCCCCCCC)NCC)cc1. The molecule has 0 aliphatic carbocycles. The molecule has 0 amide bonds. The fraction of sp³-hybridized carbons (Fsp3) is 0.850. The Bertz CT molecular complexity index is 597. The lowest BCUT2D eigenvalue weighted by Crippen LogP contribution is -2.22. The molecular weight excluding hydrogens is 508 g/mol. The van der Waals surface area contributed by atoms with Crippen LogP contribution >= 0.6 is 0 Å². The molecule has 2 nitrogen and oxygen atoms in total. The third kappa shape index (κ3) is 21.8. The van der Waals surface area contributed by atoms with E-state index in [1.807, 2.05) is 0 Å². The fourth-order valence-electron chi connectivity index (χ4n) is 6.61. The van der Waals surface area contributed by atoms with Crippen molar-refractivity contribution < 1.29 is 0 Å². The van der Waals surface area contributed by atoms with Crippen LogP contribution in [0.2, 0.25) is 0 Å². The summed E-state index contributed by atoms with van der Waals surface area (Å²) in [6.45, 7) is 11.2. The van der Waals surface area contributed by atoms with Crippen molar-refractivity contribution >= 4 is 0 Å². The van der Waals surface area contributed by atoms with Crippen molar-refractivity contribution in [1.82, 2.24) is 10.6 Å². The van der Waals surface area contributed by atoms with Gasteiger partial charge in [0.2, 0.25) is 0 Å². The number of nitrogens with one attached hydrogen (secondary N) is 2. The van der Waals surface area contributed by atoms with Crippen LogP contribution in [0.1, 0.15) is 218 Å². The smallest absolute Gasteiger partial charge is 0.0320 e. The van der Waals surface area contributed by atoms with E-state index in [0.717, 1.165) is 13.1 Å². The van der Waals surface area contributed by atoms with E-state index < -0.39 is 0 Å². The summed E-state index contributed by atoms with van der Waals surface area (Å²) in [5.41, 5.74) is 2.95. The summed E-state index contributed by atoms with van der Waals surface area (Å²) in [6.07, 6.45) is 36.6. The Balaban J connectivity index is 2.25. The van der Waals surface area contributed by atoms with Crippen molar-refractivity contribution in [3.05, 3.63) is 35.4 Å². The minimum Gasteiger partial charge on any atom is -0.310 e. The zero-order valence-electron chi connectivity index (χ0n) is 29.3. The van der Waals surface area contributed by atoms with E-state index in [1.165, 1.54) is 178 Å². The van der Waals surface area contributed by atoms with Gasteiger partial charge in [0.25, 0.3) is 0 Å². The molecule has 0 spiro atoms. The monoisotopic (exact) mass is 585 g/mol. The van der Waals surface area contributed by atoms with Gasteiger partial charge in [-0.25, -0.2) is 0 Å². The second kappa shape index (κ2) is 30.2. The third-order valence-electron chi connectivity index (χ3n) is 9.33. The van der Waals surface area contributed by atoms with Crippen LogP contribution in [-0.2, 0) is 0 Å². The van der Waals surface area contributed by atoms with E-state index in [4.69, 9.17) is 0 Å². The average molecular weight is 585 g/mol. The maximum atomic E-state index is 3.77. The molecule has 0 aromatic heterocycles. The molecular formula is C40H76N2. The van der Waals surface area contributed by atoms with Gasteiger partial charge in [-0.3, -0.25) is 0 Å². The lowest BCUT2D eigenvalue weighted by molar-refractivity contribution is 0.468. The van der Waals surface area contributed by atoms with Crippen LogP contribution in [0, 0.1) is 0 Å². The van der Waals surface area contributed by atoms with Crippen molar-refractivity contribution in [3.8, 4) is 0 Å². The molecule has 0 aliphatic rings. The maximum Gasteiger partial charge on any atom is 0.0320 e. The van der Waals surface area contributed by atoms with Crippen molar-refractivity contribution in [2.75, 3.05) is 13.1 Å². The number of benzene rings is 1. The van der Waals surface area contributed by atoms with Crippen molar-refractivity contribution in [2.24, 2.45) is 0 Å². The highest BCUT2D eigenvalue weighted by Gasteiger charge is 2.13. The molecule has 2 atom stereocenters. The van der Waals surface area contributed by atoms with Crippen LogP contribution in [-0.4, -0.2) is 13.1 Å². The standard InChI is InChI=1S/C40H76N2/c1-5-9-11-13-15-17-19-21-23-25-27-29-31-39(41-7-3)37-33-35-38(36-34-37)40(42-8-4)32-30-28-26-24-22-20-18-16-14-12-10-6-2/h33-36,39-42H,5-32H2,1-4H3. The molecule has 0 fully saturated rings. The summed E-state index contributed by atoms with van der Waals surface area (Å²) in [4.78, 5) is 0. The summed E-state index contributed by atoms with van der Waals surface area (Å²) in [6, 6.07) is 10.7. The molecule has 2 N–H and O–H groups in total. The van der Waals surface area contributed by atoms with Crippen molar-refractivity contribution in [3.63, 3.8) is 0 Å². The van der Waals surface area contributed by atoms with Crippen LogP contribution in [0.3, 0.4) is 0 Å². The predicted molar refractivity (Wildman–Crippen MR) is 191 cm³/mol. The Kier molecular flexibility index (Phi) is 28.1. The molecule has 246 valence electrons. The summed E-state index contributed by atoms with van der Waals surface area (Å²) < 4.78 is 0. The average Bonchev–Trinajstić information content (AvgIpc) is 3.01. The van der Waals surface area contributed by atoms with Crippen LogP contribution in [0.25, 0.3) is 0 Å². The number of hydrogen-bond acceptors (Lipinski definition) is 2. The molecule has 0 saturated heterocycles. The Labute approximate surface area is 265 Å².